The number of allylic oxidation sites excluding steroid dienone is 4. The number of aromatic nitrogens is 1. The van der Waals surface area contributed by atoms with E-state index in [0.29, 0.717) is 16.7 Å². The Morgan fingerprint density at radius 3 is 2.11 bits per heavy atom. The summed E-state index contributed by atoms with van der Waals surface area (Å²) < 4.78 is 2.17. The van der Waals surface area contributed by atoms with Gasteiger partial charge in [0.05, 0.1) is 16.7 Å². The van der Waals surface area contributed by atoms with Crippen LogP contribution in [0.25, 0.3) is 27.7 Å². The molecule has 4 aromatic rings. The predicted octanol–water partition coefficient (Wildman–Crippen LogP) is 8.43. The minimum atomic E-state index is -0.146. The van der Waals surface area contributed by atoms with Gasteiger partial charge in [-0.2, -0.15) is 0 Å². The van der Waals surface area contributed by atoms with E-state index >= 15 is 0 Å². The Hall–Kier alpha value is -4.11. The van der Waals surface area contributed by atoms with E-state index in [1.807, 2.05) is 63.2 Å². The molecular weight excluding hydrogens is 454 g/mol. The van der Waals surface area contributed by atoms with Crippen LogP contribution in [-0.4, -0.2) is 15.5 Å². The number of aryl methyl sites for hydroxylation is 1. The number of carbonyl (C=O) groups is 1. The molecule has 0 spiro atoms. The number of Topliss-reactive ketones (excluding diaryl/α,β-unsaturated/α-hetero) is 1. The van der Waals surface area contributed by atoms with Crippen molar-refractivity contribution >= 4 is 27.8 Å². The number of aliphatic hydroxyl groups is 1. The summed E-state index contributed by atoms with van der Waals surface area (Å²) in [6.45, 7) is 16.6. The van der Waals surface area contributed by atoms with Crippen LogP contribution in [0, 0.1) is 13.8 Å². The van der Waals surface area contributed by atoms with Crippen LogP contribution in [0.3, 0.4) is 0 Å². The molecule has 1 aromatic heterocycles. The first-order valence-electron chi connectivity index (χ1n) is 12.7. The van der Waals surface area contributed by atoms with E-state index in [0.717, 1.165) is 44.5 Å². The number of rotatable bonds is 4. The molecular formula is C34H33NO2. The van der Waals surface area contributed by atoms with E-state index in [-0.39, 0.29) is 17.0 Å². The van der Waals surface area contributed by atoms with Gasteiger partial charge in [-0.15, -0.1) is 0 Å². The Morgan fingerprint density at radius 2 is 1.51 bits per heavy atom. The van der Waals surface area contributed by atoms with Crippen LogP contribution < -0.4 is 0 Å². The first-order valence-corrected chi connectivity index (χ1v) is 12.7. The lowest BCUT2D eigenvalue weighted by Crippen LogP contribution is -2.23. The van der Waals surface area contributed by atoms with Crippen molar-refractivity contribution in [1.82, 2.24) is 4.57 Å². The topological polar surface area (TPSA) is 42.2 Å². The molecule has 1 aliphatic rings. The fourth-order valence-electron chi connectivity index (χ4n) is 5.42. The van der Waals surface area contributed by atoms with Gasteiger partial charge < -0.3 is 9.67 Å². The lowest BCUT2D eigenvalue weighted by Gasteiger charge is -2.26. The van der Waals surface area contributed by atoms with E-state index in [9.17, 15) is 9.90 Å². The first-order chi connectivity index (χ1) is 17.5. The van der Waals surface area contributed by atoms with Gasteiger partial charge in [0.1, 0.15) is 5.76 Å². The molecule has 1 N–H and O–H groups in total. The largest absolute Gasteiger partial charge is 0.506 e. The molecule has 1 heterocycles. The lowest BCUT2D eigenvalue weighted by atomic mass is 9.76. The summed E-state index contributed by atoms with van der Waals surface area (Å²) in [7, 11) is 0. The number of ketones is 1. The van der Waals surface area contributed by atoms with E-state index in [4.69, 9.17) is 0 Å². The van der Waals surface area contributed by atoms with Crippen LogP contribution in [0.5, 0.6) is 0 Å². The van der Waals surface area contributed by atoms with Crippen molar-refractivity contribution in [3.63, 3.8) is 0 Å². The predicted molar refractivity (Wildman–Crippen MR) is 154 cm³/mol. The quantitative estimate of drug-likeness (QED) is 0.294. The van der Waals surface area contributed by atoms with Gasteiger partial charge in [-0.1, -0.05) is 81.9 Å². The molecule has 0 bridgehead atoms. The van der Waals surface area contributed by atoms with Crippen LogP contribution in [0.4, 0.5) is 0 Å². The third-order valence-electron chi connectivity index (χ3n) is 7.37. The number of para-hydroxylation sites is 1. The summed E-state index contributed by atoms with van der Waals surface area (Å²) in [6.07, 6.45) is 0. The number of carbonyl (C=O) groups excluding carboxylic acids is 1. The number of aliphatic hydroxyl groups excluding tert-OH is 1. The number of hydrogen-bond acceptors (Lipinski definition) is 2. The van der Waals surface area contributed by atoms with Gasteiger partial charge in [-0.3, -0.25) is 4.79 Å². The SMILES string of the molecule is C=C(C)/C(=C1/C(=O)C(c2c(C)n(-c3ccc(C(C)(C)C)cc3)c3ccccc23)=C1O)c1ccccc1C. The summed E-state index contributed by atoms with van der Waals surface area (Å²) in [6, 6.07) is 24.5. The van der Waals surface area contributed by atoms with Crippen molar-refractivity contribution in [3.8, 4) is 5.69 Å². The zero-order chi connectivity index (χ0) is 26.6. The number of hydrogen-bond donors (Lipinski definition) is 1. The van der Waals surface area contributed by atoms with Crippen molar-refractivity contribution in [2.75, 3.05) is 0 Å². The second-order valence-corrected chi connectivity index (χ2v) is 11.0. The molecule has 0 unspecified atom stereocenters. The van der Waals surface area contributed by atoms with E-state index in [1.165, 1.54) is 5.56 Å². The number of nitrogens with zero attached hydrogens (tertiary/aromatic N) is 1. The third kappa shape index (κ3) is 3.86. The minimum Gasteiger partial charge on any atom is -0.506 e. The lowest BCUT2D eigenvalue weighted by molar-refractivity contribution is -0.111. The van der Waals surface area contributed by atoms with E-state index in [1.54, 1.807) is 0 Å². The number of fused-ring (bicyclic) bond motifs is 1. The molecule has 37 heavy (non-hydrogen) atoms. The maximum absolute atomic E-state index is 13.8. The molecule has 0 saturated heterocycles. The fraction of sp³-hybridized carbons (Fsp3) is 0.206. The summed E-state index contributed by atoms with van der Waals surface area (Å²) >= 11 is 0. The summed E-state index contributed by atoms with van der Waals surface area (Å²) in [5.74, 6) is -0.104. The average molecular weight is 488 g/mol. The molecule has 0 radical (unpaired) electrons. The van der Waals surface area contributed by atoms with Crippen LogP contribution in [0.2, 0.25) is 0 Å². The molecule has 3 aromatic carbocycles. The summed E-state index contributed by atoms with van der Waals surface area (Å²) in [5, 5.41) is 12.3. The standard InChI is InChI=1S/C34H33NO2/c1-20(2)28(25-13-9-8-12-21(25)3)30-32(36)31(33(30)37)29-22(4)35(27-15-11-10-14-26(27)29)24-18-16-23(17-19-24)34(5,6)7/h8-19,36H,1H2,2-7H3/b30-28-. The van der Waals surface area contributed by atoms with Gasteiger partial charge in [0.2, 0.25) is 5.78 Å². The molecule has 0 aliphatic heterocycles. The van der Waals surface area contributed by atoms with Crippen LogP contribution in [0.1, 0.15) is 55.6 Å². The molecule has 3 heteroatoms. The van der Waals surface area contributed by atoms with Crippen LogP contribution in [0.15, 0.2) is 96.3 Å². The monoisotopic (exact) mass is 487 g/mol. The van der Waals surface area contributed by atoms with Gasteiger partial charge in [-0.25, -0.2) is 0 Å². The molecule has 0 fully saturated rings. The van der Waals surface area contributed by atoms with Gasteiger partial charge >= 0.3 is 0 Å². The molecule has 186 valence electrons. The highest BCUT2D eigenvalue weighted by Gasteiger charge is 2.40. The third-order valence-corrected chi connectivity index (χ3v) is 7.37. The summed E-state index contributed by atoms with van der Waals surface area (Å²) in [5.41, 5.74) is 9.20. The molecule has 5 rings (SSSR count). The van der Waals surface area contributed by atoms with Crippen molar-refractivity contribution in [2.24, 2.45) is 0 Å². The Labute approximate surface area is 219 Å². The molecule has 0 atom stereocenters. The second-order valence-electron chi connectivity index (χ2n) is 11.0. The van der Waals surface area contributed by atoms with E-state index in [2.05, 4.69) is 62.2 Å². The van der Waals surface area contributed by atoms with Crippen molar-refractivity contribution in [1.29, 1.82) is 0 Å². The highest BCUT2D eigenvalue weighted by atomic mass is 16.3. The van der Waals surface area contributed by atoms with E-state index < -0.39 is 0 Å². The maximum Gasteiger partial charge on any atom is 0.201 e. The minimum absolute atomic E-state index is 0.0420. The van der Waals surface area contributed by atoms with Crippen molar-refractivity contribution in [2.45, 2.75) is 47.0 Å². The Morgan fingerprint density at radius 1 is 0.892 bits per heavy atom. The maximum atomic E-state index is 13.8. The van der Waals surface area contributed by atoms with Gasteiger partial charge in [0.25, 0.3) is 0 Å². The van der Waals surface area contributed by atoms with Gasteiger partial charge in [-0.05, 0) is 72.2 Å². The second kappa shape index (κ2) is 8.77. The van der Waals surface area contributed by atoms with Crippen molar-refractivity contribution < 1.29 is 9.90 Å². The van der Waals surface area contributed by atoms with Gasteiger partial charge in [0, 0.05) is 22.3 Å². The zero-order valence-electron chi connectivity index (χ0n) is 22.4. The molecule has 0 saturated carbocycles. The van der Waals surface area contributed by atoms with Crippen LogP contribution >= 0.6 is 0 Å². The summed E-state index contributed by atoms with van der Waals surface area (Å²) in [4.78, 5) is 13.8. The molecule has 3 nitrogen and oxygen atoms in total. The highest BCUT2D eigenvalue weighted by Crippen LogP contribution is 2.46. The van der Waals surface area contributed by atoms with Crippen LogP contribution in [-0.2, 0) is 10.2 Å². The van der Waals surface area contributed by atoms with Gasteiger partial charge in [0.15, 0.2) is 0 Å². The molecule has 0 amide bonds. The smallest absolute Gasteiger partial charge is 0.201 e. The van der Waals surface area contributed by atoms with Crippen molar-refractivity contribution in [3.05, 3.63) is 124 Å². The molecule has 1 aliphatic carbocycles. The Kier molecular flexibility index (Phi) is 5.83. The number of benzene rings is 3. The zero-order valence-corrected chi connectivity index (χ0v) is 22.4. The normalized spacial score (nSPS) is 15.2. The highest BCUT2D eigenvalue weighted by molar-refractivity contribution is 6.43. The fourth-order valence-corrected chi connectivity index (χ4v) is 5.42. The first kappa shape index (κ1) is 24.6. The average Bonchev–Trinajstić information content (AvgIpc) is 3.14. The Balaban J connectivity index is 1.73. The Bertz CT molecular complexity index is 1650.